The summed E-state index contributed by atoms with van der Waals surface area (Å²) >= 11 is 12.2. The first-order valence-electron chi connectivity index (χ1n) is 8.07. The average molecular weight is 398 g/mol. The Morgan fingerprint density at radius 3 is 2.69 bits per heavy atom. The Balaban J connectivity index is 1.99. The second kappa shape index (κ2) is 8.56. The number of amides is 1. The fourth-order valence-corrected chi connectivity index (χ4v) is 3.13. The highest BCUT2D eigenvalue weighted by molar-refractivity contribution is 6.32. The highest BCUT2D eigenvalue weighted by Crippen LogP contribution is 2.29. The number of carbonyl (C=O) groups is 1. The van der Waals surface area contributed by atoms with Crippen LogP contribution in [0.5, 0.6) is 5.75 Å². The number of nitrogens with zero attached hydrogens (tertiary/aromatic N) is 2. The summed E-state index contributed by atoms with van der Waals surface area (Å²) in [5, 5.41) is 12.2. The third-order valence-corrected chi connectivity index (χ3v) is 4.17. The van der Waals surface area contributed by atoms with E-state index in [-0.39, 0.29) is 5.92 Å². The van der Waals surface area contributed by atoms with E-state index < -0.39 is 11.6 Å². The summed E-state index contributed by atoms with van der Waals surface area (Å²) in [6, 6.07) is 5.22. The third-order valence-electron chi connectivity index (χ3n) is 3.67. The molecule has 2 heterocycles. The second-order valence-corrected chi connectivity index (χ2v) is 7.60. The van der Waals surface area contributed by atoms with Crippen molar-refractivity contribution in [1.29, 1.82) is 0 Å². The first-order valence-corrected chi connectivity index (χ1v) is 8.83. The van der Waals surface area contributed by atoms with Crippen molar-refractivity contribution in [2.45, 2.75) is 32.7 Å². The Hall–Kier alpha value is -2.05. The topological polar surface area (TPSA) is 84.3 Å². The Kier molecular flexibility index (Phi) is 6.67. The molecule has 0 fully saturated rings. The highest BCUT2D eigenvalue weighted by Gasteiger charge is 2.23. The standard InChI is InChI=1S/C18H21Cl2N3O3/c1-11(8-18(2,3)23-17(24)25)10-26-15-9-22-14(7-13(15)19)12-4-5-21-16(20)6-12/h4-7,9,11,23H,8,10H2,1-3H3,(H,24,25). The number of ether oxygens (including phenoxy) is 1. The molecule has 26 heavy (non-hydrogen) atoms. The van der Waals surface area contributed by atoms with Crippen LogP contribution in [0.1, 0.15) is 27.2 Å². The van der Waals surface area contributed by atoms with Crippen molar-refractivity contribution >= 4 is 29.3 Å². The number of hydrogen-bond donors (Lipinski definition) is 2. The zero-order chi connectivity index (χ0) is 19.3. The molecule has 0 bridgehead atoms. The van der Waals surface area contributed by atoms with Crippen LogP contribution in [0.2, 0.25) is 10.2 Å². The maximum Gasteiger partial charge on any atom is 0.405 e. The fourth-order valence-electron chi connectivity index (χ4n) is 2.75. The number of aromatic nitrogens is 2. The Morgan fingerprint density at radius 2 is 2.08 bits per heavy atom. The van der Waals surface area contributed by atoms with Gasteiger partial charge in [-0.05, 0) is 44.4 Å². The zero-order valence-electron chi connectivity index (χ0n) is 14.8. The van der Waals surface area contributed by atoms with Crippen LogP contribution in [0.3, 0.4) is 0 Å². The summed E-state index contributed by atoms with van der Waals surface area (Å²) < 4.78 is 5.76. The summed E-state index contributed by atoms with van der Waals surface area (Å²) in [5.74, 6) is 0.595. The number of hydrogen-bond acceptors (Lipinski definition) is 4. The van der Waals surface area contributed by atoms with Crippen molar-refractivity contribution in [3.8, 4) is 17.0 Å². The van der Waals surface area contributed by atoms with Gasteiger partial charge in [0.05, 0.1) is 23.5 Å². The van der Waals surface area contributed by atoms with E-state index in [4.69, 9.17) is 33.0 Å². The van der Waals surface area contributed by atoms with Gasteiger partial charge in [0, 0.05) is 17.3 Å². The van der Waals surface area contributed by atoms with Gasteiger partial charge in [-0.2, -0.15) is 0 Å². The van der Waals surface area contributed by atoms with Crippen molar-refractivity contribution in [1.82, 2.24) is 15.3 Å². The van der Waals surface area contributed by atoms with Gasteiger partial charge in [-0.15, -0.1) is 0 Å². The maximum atomic E-state index is 10.8. The zero-order valence-corrected chi connectivity index (χ0v) is 16.3. The minimum absolute atomic E-state index is 0.117. The smallest absolute Gasteiger partial charge is 0.405 e. The summed E-state index contributed by atoms with van der Waals surface area (Å²) in [6.07, 6.45) is 2.76. The van der Waals surface area contributed by atoms with Gasteiger partial charge in [0.1, 0.15) is 5.15 Å². The van der Waals surface area contributed by atoms with E-state index >= 15 is 0 Å². The molecule has 0 saturated heterocycles. The summed E-state index contributed by atoms with van der Waals surface area (Å²) in [6.45, 7) is 6.05. The molecule has 1 unspecified atom stereocenters. The molecule has 0 aliphatic carbocycles. The molecular weight excluding hydrogens is 377 g/mol. The lowest BCUT2D eigenvalue weighted by atomic mass is 9.92. The molecule has 6 nitrogen and oxygen atoms in total. The van der Waals surface area contributed by atoms with Crippen LogP contribution in [-0.4, -0.2) is 33.3 Å². The van der Waals surface area contributed by atoms with Crippen molar-refractivity contribution < 1.29 is 14.6 Å². The molecule has 0 aromatic carbocycles. The third kappa shape index (κ3) is 6.04. The normalized spacial score (nSPS) is 12.5. The van der Waals surface area contributed by atoms with Crippen LogP contribution in [0.15, 0.2) is 30.6 Å². The Labute approximate surface area is 162 Å². The van der Waals surface area contributed by atoms with Crippen LogP contribution in [0.4, 0.5) is 4.79 Å². The number of rotatable bonds is 7. The Bertz CT molecular complexity index is 784. The second-order valence-electron chi connectivity index (χ2n) is 6.80. The summed E-state index contributed by atoms with van der Waals surface area (Å²) in [4.78, 5) is 19.1. The van der Waals surface area contributed by atoms with Crippen LogP contribution in [0, 0.1) is 5.92 Å². The molecular formula is C18H21Cl2N3O3. The lowest BCUT2D eigenvalue weighted by Crippen LogP contribution is -2.44. The first-order chi connectivity index (χ1) is 12.2. The van der Waals surface area contributed by atoms with Gasteiger partial charge in [-0.1, -0.05) is 30.1 Å². The van der Waals surface area contributed by atoms with Gasteiger partial charge in [0.2, 0.25) is 0 Å². The largest absolute Gasteiger partial charge is 0.490 e. The first kappa shape index (κ1) is 20.3. The molecule has 2 rings (SSSR count). The van der Waals surface area contributed by atoms with E-state index in [9.17, 15) is 4.79 Å². The molecule has 2 aromatic rings. The van der Waals surface area contributed by atoms with E-state index in [0.717, 1.165) is 5.56 Å². The van der Waals surface area contributed by atoms with E-state index in [2.05, 4.69) is 15.3 Å². The molecule has 1 amide bonds. The van der Waals surface area contributed by atoms with Gasteiger partial charge in [0.25, 0.3) is 0 Å². The number of pyridine rings is 2. The van der Waals surface area contributed by atoms with E-state index in [1.54, 1.807) is 30.6 Å². The molecule has 2 N–H and O–H groups in total. The Morgan fingerprint density at radius 1 is 1.35 bits per heavy atom. The van der Waals surface area contributed by atoms with Gasteiger partial charge in [-0.25, -0.2) is 9.78 Å². The van der Waals surface area contributed by atoms with Crippen molar-refractivity contribution in [2.75, 3.05) is 6.61 Å². The predicted octanol–water partition coefficient (Wildman–Crippen LogP) is 4.90. The molecule has 8 heteroatoms. The molecule has 0 aliphatic rings. The van der Waals surface area contributed by atoms with Crippen LogP contribution < -0.4 is 10.1 Å². The van der Waals surface area contributed by atoms with Crippen molar-refractivity contribution in [3.05, 3.63) is 40.8 Å². The van der Waals surface area contributed by atoms with E-state index in [0.29, 0.717) is 34.6 Å². The highest BCUT2D eigenvalue weighted by atomic mass is 35.5. The molecule has 2 aromatic heterocycles. The van der Waals surface area contributed by atoms with Gasteiger partial charge < -0.3 is 15.2 Å². The summed E-state index contributed by atoms with van der Waals surface area (Å²) in [7, 11) is 0. The minimum Gasteiger partial charge on any atom is -0.490 e. The van der Waals surface area contributed by atoms with Crippen molar-refractivity contribution in [3.63, 3.8) is 0 Å². The molecule has 0 aliphatic heterocycles. The molecule has 0 radical (unpaired) electrons. The lowest BCUT2D eigenvalue weighted by molar-refractivity contribution is 0.169. The van der Waals surface area contributed by atoms with Gasteiger partial charge >= 0.3 is 6.09 Å². The molecule has 1 atom stereocenters. The van der Waals surface area contributed by atoms with Gasteiger partial charge in [-0.3, -0.25) is 4.98 Å². The number of carboxylic acid groups (broad SMARTS) is 1. The molecule has 0 spiro atoms. The molecule has 140 valence electrons. The number of halogens is 2. The molecule has 0 saturated carbocycles. The minimum atomic E-state index is -1.04. The average Bonchev–Trinajstić information content (AvgIpc) is 2.51. The van der Waals surface area contributed by atoms with E-state index in [1.165, 1.54) is 0 Å². The SMILES string of the molecule is CC(COc1cnc(-c2ccnc(Cl)c2)cc1Cl)CC(C)(C)NC(=O)O. The van der Waals surface area contributed by atoms with E-state index in [1.807, 2.05) is 20.8 Å². The fraction of sp³-hybridized carbons (Fsp3) is 0.389. The lowest BCUT2D eigenvalue weighted by Gasteiger charge is -2.28. The van der Waals surface area contributed by atoms with Crippen LogP contribution >= 0.6 is 23.2 Å². The van der Waals surface area contributed by atoms with Gasteiger partial charge in [0.15, 0.2) is 5.75 Å². The van der Waals surface area contributed by atoms with Crippen LogP contribution in [0.25, 0.3) is 11.3 Å². The quantitative estimate of drug-likeness (QED) is 0.648. The number of nitrogens with one attached hydrogen (secondary N) is 1. The maximum absolute atomic E-state index is 10.8. The summed E-state index contributed by atoms with van der Waals surface area (Å²) in [5.41, 5.74) is 0.945. The van der Waals surface area contributed by atoms with Crippen molar-refractivity contribution in [2.24, 2.45) is 5.92 Å². The van der Waals surface area contributed by atoms with Crippen LogP contribution in [-0.2, 0) is 0 Å². The predicted molar refractivity (Wildman–Crippen MR) is 102 cm³/mol. The monoisotopic (exact) mass is 397 g/mol.